The zero-order chi connectivity index (χ0) is 10.4. The number of hydrogen-bond acceptors (Lipinski definition) is 3. The first-order valence-electron chi connectivity index (χ1n) is 4.47. The fraction of sp³-hybridized carbons (Fsp3) is 0.700. The van der Waals surface area contributed by atoms with Crippen molar-refractivity contribution in [3.63, 3.8) is 0 Å². The minimum Gasteiger partial charge on any atom is -0.469 e. The van der Waals surface area contributed by atoms with Crippen LogP contribution in [-0.2, 0) is 9.53 Å². The van der Waals surface area contributed by atoms with Crippen molar-refractivity contribution < 1.29 is 14.6 Å². The Labute approximate surface area is 79.4 Å². The monoisotopic (exact) mass is 186 g/mol. The summed E-state index contributed by atoms with van der Waals surface area (Å²) in [6.07, 6.45) is 2.04. The van der Waals surface area contributed by atoms with Crippen LogP contribution >= 0.6 is 0 Å². The van der Waals surface area contributed by atoms with Crippen molar-refractivity contribution in [2.24, 2.45) is 5.92 Å². The van der Waals surface area contributed by atoms with Gasteiger partial charge in [-0.2, -0.15) is 0 Å². The molecule has 0 aromatic rings. The van der Waals surface area contributed by atoms with Gasteiger partial charge in [-0.1, -0.05) is 13.0 Å². The first-order valence-corrected chi connectivity index (χ1v) is 4.47. The molecule has 0 aliphatic carbocycles. The third-order valence-electron chi connectivity index (χ3n) is 2.04. The van der Waals surface area contributed by atoms with E-state index in [-0.39, 0.29) is 5.97 Å². The van der Waals surface area contributed by atoms with Crippen molar-refractivity contribution in [1.82, 2.24) is 0 Å². The number of allylic oxidation sites excluding steroid dienone is 1. The molecule has 3 nitrogen and oxygen atoms in total. The number of hydrogen-bond donors (Lipinski definition) is 1. The van der Waals surface area contributed by atoms with Gasteiger partial charge in [0.2, 0.25) is 0 Å². The second-order valence-electron chi connectivity index (χ2n) is 3.11. The summed E-state index contributed by atoms with van der Waals surface area (Å²) in [7, 11) is 1.32. The molecule has 0 fully saturated rings. The van der Waals surface area contributed by atoms with Gasteiger partial charge in [0.25, 0.3) is 0 Å². The Morgan fingerprint density at radius 1 is 1.62 bits per heavy atom. The largest absolute Gasteiger partial charge is 0.469 e. The summed E-state index contributed by atoms with van der Waals surface area (Å²) in [5, 5.41) is 9.65. The molecule has 2 atom stereocenters. The molecule has 0 aromatic heterocycles. The van der Waals surface area contributed by atoms with E-state index in [0.717, 1.165) is 12.0 Å². The van der Waals surface area contributed by atoms with Gasteiger partial charge < -0.3 is 9.84 Å². The summed E-state index contributed by atoms with van der Waals surface area (Å²) in [6.45, 7) is 5.45. The summed E-state index contributed by atoms with van der Waals surface area (Å²) in [4.78, 5) is 11.1. The average molecular weight is 186 g/mol. The van der Waals surface area contributed by atoms with Gasteiger partial charge in [-0.15, -0.1) is 0 Å². The first-order chi connectivity index (χ1) is 6.04. The molecule has 0 aliphatic heterocycles. The smallest absolute Gasteiger partial charge is 0.311 e. The van der Waals surface area contributed by atoms with E-state index in [0.29, 0.717) is 0 Å². The van der Waals surface area contributed by atoms with Crippen molar-refractivity contribution in [2.75, 3.05) is 7.11 Å². The maximum Gasteiger partial charge on any atom is 0.311 e. The number of ether oxygens (including phenoxy) is 1. The number of rotatable bonds is 4. The fourth-order valence-corrected chi connectivity index (χ4v) is 1.15. The van der Waals surface area contributed by atoms with Gasteiger partial charge in [-0.3, -0.25) is 4.79 Å². The molecule has 76 valence electrons. The van der Waals surface area contributed by atoms with Crippen LogP contribution in [0, 0.1) is 5.92 Å². The third-order valence-corrected chi connectivity index (χ3v) is 2.04. The average Bonchev–Trinajstić information content (AvgIpc) is 2.14. The molecule has 0 aromatic carbocycles. The van der Waals surface area contributed by atoms with Crippen LogP contribution in [-0.4, -0.2) is 24.3 Å². The second-order valence-corrected chi connectivity index (χ2v) is 3.11. The van der Waals surface area contributed by atoms with Crippen molar-refractivity contribution >= 4 is 5.97 Å². The Bertz CT molecular complexity index is 196. The Balaban J connectivity index is 4.32. The molecule has 0 amide bonds. The summed E-state index contributed by atoms with van der Waals surface area (Å²) in [5.74, 6) is -0.871. The normalized spacial score (nSPS) is 16.5. The van der Waals surface area contributed by atoms with Crippen molar-refractivity contribution in [3.05, 3.63) is 11.6 Å². The number of esters is 1. The van der Waals surface area contributed by atoms with E-state index in [1.807, 2.05) is 19.9 Å². The van der Waals surface area contributed by atoms with Crippen molar-refractivity contribution in [1.29, 1.82) is 0 Å². The van der Waals surface area contributed by atoms with Crippen LogP contribution < -0.4 is 0 Å². The van der Waals surface area contributed by atoms with E-state index >= 15 is 0 Å². The molecule has 0 radical (unpaired) electrons. The Kier molecular flexibility index (Phi) is 5.39. The van der Waals surface area contributed by atoms with Crippen LogP contribution in [0.1, 0.15) is 27.2 Å². The SMILES string of the molecule is CC/C=C(\C)[C@@H](O)[C@@H](C)C(=O)OC. The van der Waals surface area contributed by atoms with Crippen molar-refractivity contribution in [2.45, 2.75) is 33.3 Å². The number of aliphatic hydroxyl groups is 1. The molecule has 0 rings (SSSR count). The fourth-order valence-electron chi connectivity index (χ4n) is 1.15. The molecule has 1 N–H and O–H groups in total. The predicted octanol–water partition coefficient (Wildman–Crippen LogP) is 1.51. The Morgan fingerprint density at radius 2 is 2.15 bits per heavy atom. The summed E-state index contributed by atoms with van der Waals surface area (Å²) in [6, 6.07) is 0. The maximum absolute atomic E-state index is 11.1. The zero-order valence-electron chi connectivity index (χ0n) is 8.70. The highest BCUT2D eigenvalue weighted by Crippen LogP contribution is 2.13. The van der Waals surface area contributed by atoms with Crippen LogP contribution in [0.5, 0.6) is 0 Å². The third kappa shape index (κ3) is 3.59. The lowest BCUT2D eigenvalue weighted by atomic mass is 9.98. The Hall–Kier alpha value is -0.830. The summed E-state index contributed by atoms with van der Waals surface area (Å²) >= 11 is 0. The lowest BCUT2D eigenvalue weighted by Gasteiger charge is -2.17. The molecule has 0 unspecified atom stereocenters. The number of carbonyl (C=O) groups excluding carboxylic acids is 1. The van der Waals surface area contributed by atoms with E-state index in [4.69, 9.17) is 0 Å². The quantitative estimate of drug-likeness (QED) is 0.534. The first kappa shape index (κ1) is 12.2. The van der Waals surface area contributed by atoms with Crippen LogP contribution in [0.25, 0.3) is 0 Å². The number of aliphatic hydroxyl groups excluding tert-OH is 1. The highest BCUT2D eigenvalue weighted by atomic mass is 16.5. The minimum absolute atomic E-state index is 0.378. The zero-order valence-corrected chi connectivity index (χ0v) is 8.70. The molecule has 13 heavy (non-hydrogen) atoms. The van der Waals surface area contributed by atoms with Crippen molar-refractivity contribution in [3.8, 4) is 0 Å². The van der Waals surface area contributed by atoms with E-state index in [1.54, 1.807) is 6.92 Å². The molecular formula is C10H18O3. The van der Waals surface area contributed by atoms with Crippen LogP contribution in [0.4, 0.5) is 0 Å². The van der Waals surface area contributed by atoms with E-state index < -0.39 is 12.0 Å². The van der Waals surface area contributed by atoms with Crippen LogP contribution in [0.3, 0.4) is 0 Å². The van der Waals surface area contributed by atoms with Crippen LogP contribution in [0.2, 0.25) is 0 Å². The van der Waals surface area contributed by atoms with Gasteiger partial charge in [0, 0.05) is 0 Å². The molecule has 0 aliphatic rings. The van der Waals surface area contributed by atoms with E-state index in [9.17, 15) is 9.90 Å². The topological polar surface area (TPSA) is 46.5 Å². The lowest BCUT2D eigenvalue weighted by molar-refractivity contribution is -0.147. The molecule has 0 heterocycles. The highest BCUT2D eigenvalue weighted by molar-refractivity contribution is 5.73. The van der Waals surface area contributed by atoms with Gasteiger partial charge in [0.05, 0.1) is 19.1 Å². The van der Waals surface area contributed by atoms with Gasteiger partial charge >= 0.3 is 5.97 Å². The molecule has 0 saturated heterocycles. The molecule has 0 saturated carbocycles. The maximum atomic E-state index is 11.1. The lowest BCUT2D eigenvalue weighted by Crippen LogP contribution is -2.27. The standard InChI is InChI=1S/C10H18O3/c1-5-6-7(2)9(11)8(3)10(12)13-4/h6,8-9,11H,5H2,1-4H3/b7-6+/t8-,9-/m1/s1. The number of carbonyl (C=O) groups is 1. The van der Waals surface area contributed by atoms with E-state index in [2.05, 4.69) is 4.74 Å². The summed E-state index contributed by atoms with van der Waals surface area (Å²) < 4.78 is 4.54. The van der Waals surface area contributed by atoms with Gasteiger partial charge in [0.15, 0.2) is 0 Å². The minimum atomic E-state index is -0.729. The second kappa shape index (κ2) is 5.75. The molecule has 0 spiro atoms. The molecule has 0 bridgehead atoms. The molecule has 3 heteroatoms. The predicted molar refractivity (Wildman–Crippen MR) is 51.2 cm³/mol. The molecular weight excluding hydrogens is 168 g/mol. The Morgan fingerprint density at radius 3 is 2.54 bits per heavy atom. The van der Waals surface area contributed by atoms with E-state index in [1.165, 1.54) is 7.11 Å². The van der Waals surface area contributed by atoms with Gasteiger partial charge in [0.1, 0.15) is 0 Å². The van der Waals surface area contributed by atoms with Crippen LogP contribution in [0.15, 0.2) is 11.6 Å². The highest BCUT2D eigenvalue weighted by Gasteiger charge is 2.23. The summed E-state index contributed by atoms with van der Waals surface area (Å²) in [5.41, 5.74) is 0.820. The number of methoxy groups -OCH3 is 1. The van der Waals surface area contributed by atoms with Gasteiger partial charge in [-0.05, 0) is 25.8 Å². The van der Waals surface area contributed by atoms with Gasteiger partial charge in [-0.25, -0.2) is 0 Å².